The first kappa shape index (κ1) is 5.76. The molecule has 1 saturated heterocycles. The van der Waals surface area contributed by atoms with Gasteiger partial charge in [-0.25, -0.2) is 7.91 Å². The molecule has 0 radical (unpaired) electrons. The number of hydrogen-bond donors (Lipinski definition) is 0. The smallest absolute Gasteiger partial charge is 0.419 e. The molecule has 50 valence electrons. The van der Waals surface area contributed by atoms with Crippen molar-refractivity contribution in [2.24, 2.45) is 0 Å². The zero-order valence-corrected chi connectivity index (χ0v) is 6.92. The Bertz CT molecular complexity index is 166. The molecule has 1 aliphatic carbocycles. The summed E-state index contributed by atoms with van der Waals surface area (Å²) >= 11 is 2.02. The van der Waals surface area contributed by atoms with E-state index in [-0.39, 0.29) is 11.6 Å². The quantitative estimate of drug-likeness (QED) is 0.471. The predicted molar refractivity (Wildman–Crippen MR) is 39.2 cm³/mol. The fraction of sp³-hybridized carbons (Fsp3) is 0.800. The van der Waals surface area contributed by atoms with Gasteiger partial charge in [0.05, 0.1) is 28.4 Å². The molecule has 3 nitrogen and oxygen atoms in total. The van der Waals surface area contributed by atoms with Gasteiger partial charge in [-0.3, -0.25) is 0 Å². The van der Waals surface area contributed by atoms with E-state index in [0.29, 0.717) is 6.61 Å². The molecular weight excluding hydrogens is 233 g/mol. The number of carbonyl (C=O) groups is 1. The maximum absolute atomic E-state index is 10.7. The van der Waals surface area contributed by atoms with Crippen molar-refractivity contribution < 1.29 is 9.53 Å². The van der Waals surface area contributed by atoms with Gasteiger partial charge in [-0.1, -0.05) is 0 Å². The summed E-state index contributed by atoms with van der Waals surface area (Å²) in [5, 5.41) is 0. The van der Waals surface area contributed by atoms with Crippen molar-refractivity contribution in [1.29, 1.82) is 0 Å². The van der Waals surface area contributed by atoms with E-state index in [1.54, 1.807) is 3.11 Å². The Morgan fingerprint density at radius 3 is 2.56 bits per heavy atom. The SMILES string of the molecule is O=C1OCC2(CC2)N1I. The number of nitrogens with zero attached hydrogens (tertiary/aromatic N) is 1. The Labute approximate surface area is 66.8 Å². The molecule has 1 aliphatic heterocycles. The van der Waals surface area contributed by atoms with E-state index >= 15 is 0 Å². The molecule has 0 bridgehead atoms. The second kappa shape index (κ2) is 1.53. The van der Waals surface area contributed by atoms with Gasteiger partial charge in [-0.05, 0) is 12.8 Å². The van der Waals surface area contributed by atoms with E-state index in [1.807, 2.05) is 22.9 Å². The summed E-state index contributed by atoms with van der Waals surface area (Å²) in [6.07, 6.45) is 2.05. The van der Waals surface area contributed by atoms with Crippen LogP contribution in [0, 0.1) is 0 Å². The van der Waals surface area contributed by atoms with Crippen LogP contribution in [0.15, 0.2) is 0 Å². The summed E-state index contributed by atoms with van der Waals surface area (Å²) in [7, 11) is 0. The lowest BCUT2D eigenvalue weighted by atomic mass is 10.3. The standard InChI is InChI=1S/C5H6INO2/c6-7-4(8)9-3-5(7)1-2-5/h1-3H2. The van der Waals surface area contributed by atoms with Crippen molar-refractivity contribution in [2.75, 3.05) is 6.61 Å². The van der Waals surface area contributed by atoms with Gasteiger partial charge >= 0.3 is 6.09 Å². The van der Waals surface area contributed by atoms with Crippen LogP contribution in [0.3, 0.4) is 0 Å². The summed E-state index contributed by atoms with van der Waals surface area (Å²) < 4.78 is 6.51. The fourth-order valence-corrected chi connectivity index (χ4v) is 1.75. The Morgan fingerprint density at radius 2 is 2.33 bits per heavy atom. The first-order chi connectivity index (χ1) is 4.25. The zero-order chi connectivity index (χ0) is 6.48. The highest BCUT2D eigenvalue weighted by Crippen LogP contribution is 2.47. The van der Waals surface area contributed by atoms with Crippen molar-refractivity contribution in [2.45, 2.75) is 18.4 Å². The summed E-state index contributed by atoms with van der Waals surface area (Å²) in [5.41, 5.74) is 0.123. The lowest BCUT2D eigenvalue weighted by Crippen LogP contribution is -2.24. The minimum atomic E-state index is -0.173. The average Bonchev–Trinajstić information content (AvgIpc) is 2.57. The summed E-state index contributed by atoms with van der Waals surface area (Å²) in [6, 6.07) is 0. The van der Waals surface area contributed by atoms with E-state index in [2.05, 4.69) is 0 Å². The van der Waals surface area contributed by atoms with Crippen LogP contribution in [0.5, 0.6) is 0 Å². The predicted octanol–water partition coefficient (Wildman–Crippen LogP) is 1.32. The molecule has 2 rings (SSSR count). The van der Waals surface area contributed by atoms with Crippen molar-refractivity contribution in [3.8, 4) is 0 Å². The number of hydrogen-bond acceptors (Lipinski definition) is 2. The molecule has 1 saturated carbocycles. The molecule has 2 aliphatic rings. The third kappa shape index (κ3) is 0.653. The molecule has 0 atom stereocenters. The van der Waals surface area contributed by atoms with Crippen LogP contribution in [0.25, 0.3) is 0 Å². The number of ether oxygens (including phenoxy) is 1. The molecule has 4 heteroatoms. The third-order valence-electron chi connectivity index (χ3n) is 1.87. The molecule has 0 unspecified atom stereocenters. The second-order valence-electron chi connectivity index (χ2n) is 2.56. The number of carbonyl (C=O) groups excluding carboxylic acids is 1. The summed E-state index contributed by atoms with van der Waals surface area (Å²) in [6.45, 7) is 0.606. The van der Waals surface area contributed by atoms with Crippen LogP contribution >= 0.6 is 22.9 Å². The first-order valence-corrected chi connectivity index (χ1v) is 3.84. The largest absolute Gasteiger partial charge is 0.446 e. The van der Waals surface area contributed by atoms with Gasteiger partial charge in [0, 0.05) is 0 Å². The number of halogens is 1. The van der Waals surface area contributed by atoms with Crippen LogP contribution in [-0.2, 0) is 4.74 Å². The average molecular weight is 239 g/mol. The Balaban J connectivity index is 2.22. The maximum atomic E-state index is 10.7. The number of cyclic esters (lactones) is 1. The van der Waals surface area contributed by atoms with Crippen molar-refractivity contribution >= 4 is 29.0 Å². The maximum Gasteiger partial charge on any atom is 0.419 e. The molecule has 1 heterocycles. The normalized spacial score (nSPS) is 29.0. The minimum absolute atomic E-state index is 0.123. The highest BCUT2D eigenvalue weighted by Gasteiger charge is 2.55. The van der Waals surface area contributed by atoms with Crippen molar-refractivity contribution in [3.63, 3.8) is 0 Å². The Morgan fingerprint density at radius 1 is 1.67 bits per heavy atom. The topological polar surface area (TPSA) is 29.5 Å². The highest BCUT2D eigenvalue weighted by molar-refractivity contribution is 14.1. The number of amides is 1. The van der Waals surface area contributed by atoms with Crippen molar-refractivity contribution in [1.82, 2.24) is 3.11 Å². The van der Waals surface area contributed by atoms with Gasteiger partial charge in [-0.2, -0.15) is 0 Å². The van der Waals surface area contributed by atoms with E-state index in [0.717, 1.165) is 12.8 Å². The van der Waals surface area contributed by atoms with Gasteiger partial charge in [0.25, 0.3) is 0 Å². The van der Waals surface area contributed by atoms with Gasteiger partial charge in [0.15, 0.2) is 0 Å². The Hall–Kier alpha value is 0. The lowest BCUT2D eigenvalue weighted by Gasteiger charge is -2.09. The van der Waals surface area contributed by atoms with Crippen LogP contribution < -0.4 is 0 Å². The van der Waals surface area contributed by atoms with Crippen molar-refractivity contribution in [3.05, 3.63) is 0 Å². The van der Waals surface area contributed by atoms with Crippen LogP contribution in [0.1, 0.15) is 12.8 Å². The van der Waals surface area contributed by atoms with Gasteiger partial charge in [0.1, 0.15) is 6.61 Å². The lowest BCUT2D eigenvalue weighted by molar-refractivity contribution is 0.172. The van der Waals surface area contributed by atoms with Crippen LogP contribution in [0.4, 0.5) is 4.79 Å². The molecule has 0 N–H and O–H groups in total. The molecule has 1 spiro atoms. The molecule has 0 aromatic heterocycles. The summed E-state index contributed by atoms with van der Waals surface area (Å²) in [5.74, 6) is 0. The molecule has 2 fully saturated rings. The Kier molecular flexibility index (Phi) is 0.980. The zero-order valence-electron chi connectivity index (χ0n) is 4.76. The van der Waals surface area contributed by atoms with Gasteiger partial charge in [-0.15, -0.1) is 0 Å². The highest BCUT2D eigenvalue weighted by atomic mass is 127. The number of rotatable bonds is 0. The van der Waals surface area contributed by atoms with E-state index in [9.17, 15) is 4.79 Å². The van der Waals surface area contributed by atoms with Crippen LogP contribution in [-0.4, -0.2) is 21.4 Å². The molecule has 1 amide bonds. The fourth-order valence-electron chi connectivity index (χ4n) is 0.988. The molecule has 0 aromatic carbocycles. The first-order valence-electron chi connectivity index (χ1n) is 2.87. The van der Waals surface area contributed by atoms with E-state index in [4.69, 9.17) is 4.74 Å². The monoisotopic (exact) mass is 239 g/mol. The van der Waals surface area contributed by atoms with E-state index < -0.39 is 0 Å². The minimum Gasteiger partial charge on any atom is -0.446 e. The van der Waals surface area contributed by atoms with Crippen LogP contribution in [0.2, 0.25) is 0 Å². The molecule has 9 heavy (non-hydrogen) atoms. The van der Waals surface area contributed by atoms with Gasteiger partial charge < -0.3 is 4.74 Å². The van der Waals surface area contributed by atoms with E-state index in [1.165, 1.54) is 0 Å². The molecular formula is C5H6INO2. The summed E-state index contributed by atoms with van der Waals surface area (Å²) in [4.78, 5) is 10.7. The second-order valence-corrected chi connectivity index (χ2v) is 3.52. The third-order valence-corrected chi connectivity index (χ3v) is 3.29. The molecule has 0 aromatic rings. The van der Waals surface area contributed by atoms with Gasteiger partial charge in [0.2, 0.25) is 0 Å².